The first-order chi connectivity index (χ1) is 14.6. The van der Waals surface area contributed by atoms with Gasteiger partial charge < -0.3 is 24.7 Å². The molecule has 2 aliphatic heterocycles. The fourth-order valence-electron chi connectivity index (χ4n) is 5.22. The fourth-order valence-corrected chi connectivity index (χ4v) is 5.22. The molecule has 7 nitrogen and oxygen atoms in total. The quantitative estimate of drug-likeness (QED) is 0.627. The maximum atomic E-state index is 4.53. The Hall–Kier alpha value is -1.70. The van der Waals surface area contributed by atoms with E-state index in [1.54, 1.807) is 6.20 Å². The zero-order valence-electron chi connectivity index (χ0n) is 18.8. The predicted molar refractivity (Wildman–Crippen MR) is 120 cm³/mol. The second-order valence-electron chi connectivity index (χ2n) is 9.75. The van der Waals surface area contributed by atoms with Gasteiger partial charge in [0.25, 0.3) is 0 Å². The SMILES string of the molecule is CC(C)CN1CCC2(CC1)CCN(CCCn1ccnc1CNCc1ncc[nH]1)C2. The number of nitrogens with one attached hydrogen (secondary N) is 2. The van der Waals surface area contributed by atoms with Crippen molar-refractivity contribution in [3.63, 3.8) is 0 Å². The molecule has 0 amide bonds. The molecule has 4 heterocycles. The van der Waals surface area contributed by atoms with Gasteiger partial charge in [-0.25, -0.2) is 9.97 Å². The first-order valence-corrected chi connectivity index (χ1v) is 11.8. The van der Waals surface area contributed by atoms with Crippen molar-refractivity contribution in [2.24, 2.45) is 11.3 Å². The molecule has 2 aromatic heterocycles. The Kier molecular flexibility index (Phi) is 7.23. The summed E-state index contributed by atoms with van der Waals surface area (Å²) in [5, 5.41) is 3.42. The van der Waals surface area contributed by atoms with E-state index in [-0.39, 0.29) is 0 Å². The lowest BCUT2D eigenvalue weighted by molar-refractivity contribution is 0.0989. The van der Waals surface area contributed by atoms with Gasteiger partial charge in [-0.3, -0.25) is 0 Å². The smallest absolute Gasteiger partial charge is 0.122 e. The molecule has 0 saturated carbocycles. The summed E-state index contributed by atoms with van der Waals surface area (Å²) in [6.45, 7) is 14.9. The van der Waals surface area contributed by atoms with Crippen molar-refractivity contribution in [1.29, 1.82) is 0 Å². The van der Waals surface area contributed by atoms with Crippen molar-refractivity contribution in [3.8, 4) is 0 Å². The number of rotatable bonds is 10. The lowest BCUT2D eigenvalue weighted by Crippen LogP contribution is -2.42. The van der Waals surface area contributed by atoms with Crippen LogP contribution >= 0.6 is 0 Å². The summed E-state index contributed by atoms with van der Waals surface area (Å²) >= 11 is 0. The Bertz CT molecular complexity index is 743. The number of aromatic amines is 1. The Morgan fingerprint density at radius 2 is 1.83 bits per heavy atom. The zero-order valence-corrected chi connectivity index (χ0v) is 18.8. The highest BCUT2D eigenvalue weighted by Crippen LogP contribution is 2.40. The van der Waals surface area contributed by atoms with Gasteiger partial charge in [-0.1, -0.05) is 13.8 Å². The molecule has 0 radical (unpaired) electrons. The van der Waals surface area contributed by atoms with Crippen LogP contribution in [0.2, 0.25) is 0 Å². The minimum Gasteiger partial charge on any atom is -0.348 e. The van der Waals surface area contributed by atoms with E-state index < -0.39 is 0 Å². The number of imidazole rings is 2. The van der Waals surface area contributed by atoms with Gasteiger partial charge in [0.15, 0.2) is 0 Å². The van der Waals surface area contributed by atoms with Crippen molar-refractivity contribution in [2.45, 2.75) is 59.2 Å². The third-order valence-corrected chi connectivity index (χ3v) is 6.86. The highest BCUT2D eigenvalue weighted by atomic mass is 15.2. The number of H-pyrrole nitrogens is 1. The van der Waals surface area contributed by atoms with Gasteiger partial charge in [-0.15, -0.1) is 0 Å². The molecule has 2 N–H and O–H groups in total. The third kappa shape index (κ3) is 5.71. The van der Waals surface area contributed by atoms with E-state index in [0.29, 0.717) is 5.41 Å². The van der Waals surface area contributed by atoms with Crippen molar-refractivity contribution < 1.29 is 0 Å². The topological polar surface area (TPSA) is 65.0 Å². The molecule has 0 aromatic carbocycles. The third-order valence-electron chi connectivity index (χ3n) is 6.86. The first-order valence-electron chi connectivity index (χ1n) is 11.8. The molecule has 2 aromatic rings. The molecule has 166 valence electrons. The number of hydrogen-bond acceptors (Lipinski definition) is 5. The Balaban J connectivity index is 1.16. The predicted octanol–water partition coefficient (Wildman–Crippen LogP) is 2.73. The minimum atomic E-state index is 0.601. The highest BCUT2D eigenvalue weighted by Gasteiger charge is 2.40. The molecule has 0 bridgehead atoms. The molecule has 0 aliphatic carbocycles. The van der Waals surface area contributed by atoms with Gasteiger partial charge in [-0.05, 0) is 63.2 Å². The molecule has 7 heteroatoms. The standard InChI is InChI=1S/C23H39N7/c1-20(2)18-28-12-4-23(5-13-28)6-14-29(19-23)10-3-11-30-15-9-27-22(30)17-24-16-21-25-7-8-26-21/h7-9,15,20,24H,3-6,10-14,16-19H2,1-2H3,(H,25,26). The van der Waals surface area contributed by atoms with E-state index in [1.165, 1.54) is 65.0 Å². The first kappa shape index (κ1) is 21.5. The summed E-state index contributed by atoms with van der Waals surface area (Å²) in [5.74, 6) is 2.86. The number of aromatic nitrogens is 4. The van der Waals surface area contributed by atoms with Crippen LogP contribution in [0.25, 0.3) is 0 Å². The largest absolute Gasteiger partial charge is 0.348 e. The molecule has 2 fully saturated rings. The van der Waals surface area contributed by atoms with Crippen LogP contribution in [0, 0.1) is 11.3 Å². The fraction of sp³-hybridized carbons (Fsp3) is 0.739. The molecule has 1 spiro atoms. The van der Waals surface area contributed by atoms with Crippen LogP contribution < -0.4 is 5.32 Å². The van der Waals surface area contributed by atoms with Gasteiger partial charge >= 0.3 is 0 Å². The highest BCUT2D eigenvalue weighted by molar-refractivity contribution is 4.95. The van der Waals surface area contributed by atoms with Crippen molar-refractivity contribution in [1.82, 2.24) is 34.6 Å². The Labute approximate surface area is 181 Å². The van der Waals surface area contributed by atoms with Crippen molar-refractivity contribution >= 4 is 0 Å². The van der Waals surface area contributed by atoms with Crippen LogP contribution in [0.5, 0.6) is 0 Å². The van der Waals surface area contributed by atoms with Crippen LogP contribution in [-0.4, -0.2) is 68.6 Å². The molecule has 0 atom stereocenters. The van der Waals surface area contributed by atoms with Crippen LogP contribution in [0.1, 0.15) is 51.2 Å². The molecular formula is C23H39N7. The second-order valence-corrected chi connectivity index (χ2v) is 9.75. The monoisotopic (exact) mass is 413 g/mol. The van der Waals surface area contributed by atoms with E-state index in [1.807, 2.05) is 12.4 Å². The van der Waals surface area contributed by atoms with E-state index in [2.05, 4.69) is 54.7 Å². The average Bonchev–Trinajstić information content (AvgIpc) is 3.47. The number of aryl methyl sites for hydroxylation is 1. The molecule has 2 saturated heterocycles. The van der Waals surface area contributed by atoms with Crippen molar-refractivity contribution in [3.05, 3.63) is 36.4 Å². The Morgan fingerprint density at radius 3 is 2.57 bits per heavy atom. The summed E-state index contributed by atoms with van der Waals surface area (Å²) in [7, 11) is 0. The maximum Gasteiger partial charge on any atom is 0.122 e. The lowest BCUT2D eigenvalue weighted by Gasteiger charge is -2.40. The van der Waals surface area contributed by atoms with Gasteiger partial charge in [0.2, 0.25) is 0 Å². The Morgan fingerprint density at radius 1 is 1.03 bits per heavy atom. The summed E-state index contributed by atoms with van der Waals surface area (Å²) < 4.78 is 2.30. The minimum absolute atomic E-state index is 0.601. The van der Waals surface area contributed by atoms with Crippen LogP contribution in [0.4, 0.5) is 0 Å². The normalized spacial score (nSPS) is 20.0. The number of nitrogens with zero attached hydrogens (tertiary/aromatic N) is 5. The molecule has 4 rings (SSSR count). The maximum absolute atomic E-state index is 4.53. The molecular weight excluding hydrogens is 374 g/mol. The van der Waals surface area contributed by atoms with Gasteiger partial charge in [-0.2, -0.15) is 0 Å². The van der Waals surface area contributed by atoms with Crippen LogP contribution in [0.15, 0.2) is 24.8 Å². The second kappa shape index (κ2) is 10.1. The van der Waals surface area contributed by atoms with Gasteiger partial charge in [0.05, 0.1) is 13.1 Å². The van der Waals surface area contributed by atoms with Gasteiger partial charge in [0.1, 0.15) is 11.6 Å². The molecule has 30 heavy (non-hydrogen) atoms. The van der Waals surface area contributed by atoms with Crippen molar-refractivity contribution in [2.75, 3.05) is 39.3 Å². The number of piperidine rings is 1. The zero-order chi connectivity index (χ0) is 20.8. The van der Waals surface area contributed by atoms with Crippen LogP contribution in [0.3, 0.4) is 0 Å². The number of likely N-dealkylation sites (tertiary alicyclic amines) is 2. The van der Waals surface area contributed by atoms with Gasteiger partial charge in [0, 0.05) is 44.4 Å². The lowest BCUT2D eigenvalue weighted by atomic mass is 9.77. The van der Waals surface area contributed by atoms with E-state index >= 15 is 0 Å². The van der Waals surface area contributed by atoms with Crippen LogP contribution in [-0.2, 0) is 19.6 Å². The summed E-state index contributed by atoms with van der Waals surface area (Å²) in [6.07, 6.45) is 13.0. The summed E-state index contributed by atoms with van der Waals surface area (Å²) in [6, 6.07) is 0. The van der Waals surface area contributed by atoms with E-state index in [0.717, 1.165) is 37.2 Å². The van der Waals surface area contributed by atoms with E-state index in [9.17, 15) is 0 Å². The average molecular weight is 414 g/mol. The summed E-state index contributed by atoms with van der Waals surface area (Å²) in [4.78, 5) is 17.3. The summed E-state index contributed by atoms with van der Waals surface area (Å²) in [5.41, 5.74) is 0.601. The molecule has 2 aliphatic rings. The number of hydrogen-bond donors (Lipinski definition) is 2. The van der Waals surface area contributed by atoms with E-state index in [4.69, 9.17) is 0 Å². The molecule has 0 unspecified atom stereocenters.